The molecule has 0 fully saturated rings. The van der Waals surface area contributed by atoms with Gasteiger partial charge < -0.3 is 4.43 Å². The first-order valence-electron chi connectivity index (χ1n) is 11.8. The van der Waals surface area contributed by atoms with Gasteiger partial charge in [0.1, 0.15) is 0 Å². The van der Waals surface area contributed by atoms with Crippen LogP contribution >= 0.6 is 0 Å². The standard InChI is InChI=1S/C23H48OSi/c1-3-5-6-7-8-9-10-11-12-13-14-15-16-17-18-19-20-21-22-24-25-23-4-2/h3-23H2,1-2H3. The summed E-state index contributed by atoms with van der Waals surface area (Å²) in [7, 11) is 0.743. The summed E-state index contributed by atoms with van der Waals surface area (Å²) in [6.45, 7) is 5.52. The van der Waals surface area contributed by atoms with Gasteiger partial charge in [-0.25, -0.2) is 0 Å². The van der Waals surface area contributed by atoms with Crippen molar-refractivity contribution in [1.82, 2.24) is 0 Å². The van der Waals surface area contributed by atoms with Crippen molar-refractivity contribution in [3.63, 3.8) is 0 Å². The van der Waals surface area contributed by atoms with E-state index in [0.29, 0.717) is 0 Å². The van der Waals surface area contributed by atoms with Gasteiger partial charge in [0.25, 0.3) is 0 Å². The van der Waals surface area contributed by atoms with Crippen molar-refractivity contribution in [2.24, 2.45) is 0 Å². The monoisotopic (exact) mass is 368 g/mol. The van der Waals surface area contributed by atoms with E-state index in [0.717, 1.165) is 16.4 Å². The van der Waals surface area contributed by atoms with Crippen molar-refractivity contribution in [1.29, 1.82) is 0 Å². The lowest BCUT2D eigenvalue weighted by atomic mass is 10.0. The van der Waals surface area contributed by atoms with Crippen LogP contribution in [0.15, 0.2) is 0 Å². The lowest BCUT2D eigenvalue weighted by Gasteiger charge is -2.04. The topological polar surface area (TPSA) is 9.23 Å². The molecule has 2 radical (unpaired) electrons. The van der Waals surface area contributed by atoms with Gasteiger partial charge in [-0.3, -0.25) is 0 Å². The first-order chi connectivity index (χ1) is 12.4. The van der Waals surface area contributed by atoms with E-state index in [1.165, 1.54) is 128 Å². The summed E-state index contributed by atoms with van der Waals surface area (Å²) in [5.41, 5.74) is 0. The third-order valence-corrected chi connectivity index (χ3v) is 6.17. The molecule has 0 aliphatic heterocycles. The average molecular weight is 369 g/mol. The summed E-state index contributed by atoms with van der Waals surface area (Å²) < 4.78 is 5.63. The highest BCUT2D eigenvalue weighted by molar-refractivity contribution is 6.26. The number of hydrogen-bond acceptors (Lipinski definition) is 1. The Morgan fingerprint density at radius 2 is 0.800 bits per heavy atom. The van der Waals surface area contributed by atoms with Gasteiger partial charge in [-0.2, -0.15) is 0 Å². The van der Waals surface area contributed by atoms with Crippen LogP contribution in [-0.2, 0) is 4.43 Å². The Hall–Kier alpha value is 0.177. The second-order valence-electron chi connectivity index (χ2n) is 7.75. The molecule has 0 rings (SSSR count). The molecule has 0 atom stereocenters. The molecule has 0 spiro atoms. The van der Waals surface area contributed by atoms with Crippen molar-refractivity contribution in [3.8, 4) is 0 Å². The van der Waals surface area contributed by atoms with Gasteiger partial charge in [0, 0.05) is 6.61 Å². The molecule has 0 aromatic heterocycles. The van der Waals surface area contributed by atoms with Crippen LogP contribution in [0.2, 0.25) is 6.04 Å². The molecule has 0 aliphatic carbocycles. The second-order valence-corrected chi connectivity index (χ2v) is 8.83. The van der Waals surface area contributed by atoms with Crippen molar-refractivity contribution in [2.45, 2.75) is 142 Å². The van der Waals surface area contributed by atoms with E-state index in [1.54, 1.807) is 0 Å². The highest BCUT2D eigenvalue weighted by atomic mass is 28.2. The molecule has 0 bridgehead atoms. The predicted molar refractivity (Wildman–Crippen MR) is 116 cm³/mol. The SMILES string of the molecule is CCCCCCCCCCCCCCCCCCCCO[Si]CCC. The maximum atomic E-state index is 5.63. The zero-order chi connectivity index (χ0) is 18.3. The molecule has 150 valence electrons. The lowest BCUT2D eigenvalue weighted by molar-refractivity contribution is 0.319. The Morgan fingerprint density at radius 3 is 1.16 bits per heavy atom. The van der Waals surface area contributed by atoms with Gasteiger partial charge in [-0.1, -0.05) is 129 Å². The molecule has 0 saturated heterocycles. The van der Waals surface area contributed by atoms with Crippen LogP contribution in [0.4, 0.5) is 0 Å². The molecule has 0 heterocycles. The Kier molecular flexibility index (Phi) is 24.3. The van der Waals surface area contributed by atoms with Crippen molar-refractivity contribution >= 4 is 9.76 Å². The average Bonchev–Trinajstić information content (AvgIpc) is 2.63. The predicted octanol–water partition coefficient (Wildman–Crippen LogP) is 8.49. The summed E-state index contributed by atoms with van der Waals surface area (Å²) in [6.07, 6.45) is 27.2. The Balaban J connectivity index is 2.94. The van der Waals surface area contributed by atoms with E-state index in [9.17, 15) is 0 Å². The highest BCUT2D eigenvalue weighted by Gasteiger charge is 1.95. The van der Waals surface area contributed by atoms with E-state index in [1.807, 2.05) is 0 Å². The first-order valence-corrected chi connectivity index (χ1v) is 12.9. The van der Waals surface area contributed by atoms with Crippen LogP contribution in [0, 0.1) is 0 Å². The Morgan fingerprint density at radius 1 is 0.440 bits per heavy atom. The molecule has 0 aliphatic rings. The van der Waals surface area contributed by atoms with E-state index >= 15 is 0 Å². The summed E-state index contributed by atoms with van der Waals surface area (Å²) in [5.74, 6) is 0. The number of rotatable bonds is 22. The summed E-state index contributed by atoms with van der Waals surface area (Å²) in [6, 6.07) is 1.25. The van der Waals surface area contributed by atoms with Gasteiger partial charge in [0.05, 0.1) is 0 Å². The van der Waals surface area contributed by atoms with E-state index in [2.05, 4.69) is 13.8 Å². The fourth-order valence-electron chi connectivity index (χ4n) is 3.32. The minimum absolute atomic E-state index is 0.743. The third-order valence-electron chi connectivity index (χ3n) is 5.05. The lowest BCUT2D eigenvalue weighted by Crippen LogP contribution is -1.99. The van der Waals surface area contributed by atoms with Crippen molar-refractivity contribution in [3.05, 3.63) is 0 Å². The summed E-state index contributed by atoms with van der Waals surface area (Å²) in [4.78, 5) is 0. The molecule has 0 aromatic carbocycles. The van der Waals surface area contributed by atoms with Crippen molar-refractivity contribution in [2.75, 3.05) is 6.61 Å². The molecule has 0 unspecified atom stereocenters. The maximum absolute atomic E-state index is 5.63. The molecular formula is C23H48OSi. The molecule has 25 heavy (non-hydrogen) atoms. The second kappa shape index (κ2) is 24.2. The summed E-state index contributed by atoms with van der Waals surface area (Å²) >= 11 is 0. The van der Waals surface area contributed by atoms with Crippen molar-refractivity contribution < 1.29 is 4.43 Å². The van der Waals surface area contributed by atoms with Crippen LogP contribution in [0.25, 0.3) is 0 Å². The molecule has 2 heteroatoms. The number of unbranched alkanes of at least 4 members (excludes halogenated alkanes) is 17. The Labute approximate surface area is 163 Å². The fourth-order valence-corrected chi connectivity index (χ4v) is 3.96. The van der Waals surface area contributed by atoms with Crippen LogP contribution in [-0.4, -0.2) is 16.4 Å². The zero-order valence-corrected chi connectivity index (χ0v) is 18.8. The van der Waals surface area contributed by atoms with Crippen LogP contribution in [0.3, 0.4) is 0 Å². The first kappa shape index (κ1) is 25.2. The van der Waals surface area contributed by atoms with E-state index < -0.39 is 0 Å². The maximum Gasteiger partial charge on any atom is 0.229 e. The largest absolute Gasteiger partial charge is 0.417 e. The fraction of sp³-hybridized carbons (Fsp3) is 1.00. The van der Waals surface area contributed by atoms with Crippen LogP contribution < -0.4 is 0 Å². The molecule has 0 saturated carbocycles. The summed E-state index contributed by atoms with van der Waals surface area (Å²) in [5, 5.41) is 0. The minimum Gasteiger partial charge on any atom is -0.417 e. The van der Waals surface area contributed by atoms with Gasteiger partial charge in [0.15, 0.2) is 0 Å². The van der Waals surface area contributed by atoms with Gasteiger partial charge >= 0.3 is 0 Å². The zero-order valence-electron chi connectivity index (χ0n) is 17.8. The minimum atomic E-state index is 0.743. The molecule has 0 N–H and O–H groups in total. The third kappa shape index (κ3) is 24.2. The molecule has 0 amide bonds. The molecule has 0 aromatic rings. The van der Waals surface area contributed by atoms with E-state index in [4.69, 9.17) is 4.43 Å². The van der Waals surface area contributed by atoms with Gasteiger partial charge in [0.2, 0.25) is 9.76 Å². The normalized spacial score (nSPS) is 11.3. The molecular weight excluding hydrogens is 320 g/mol. The quantitative estimate of drug-likeness (QED) is 0.137. The molecule has 1 nitrogen and oxygen atoms in total. The smallest absolute Gasteiger partial charge is 0.229 e. The highest BCUT2D eigenvalue weighted by Crippen LogP contribution is 2.14. The van der Waals surface area contributed by atoms with Crippen LogP contribution in [0.5, 0.6) is 0 Å². The van der Waals surface area contributed by atoms with Gasteiger partial charge in [-0.05, 0) is 12.5 Å². The van der Waals surface area contributed by atoms with Gasteiger partial charge in [-0.15, -0.1) is 0 Å². The van der Waals surface area contributed by atoms with E-state index in [-0.39, 0.29) is 0 Å². The number of hydrogen-bond donors (Lipinski definition) is 0. The van der Waals surface area contributed by atoms with Crippen LogP contribution in [0.1, 0.15) is 136 Å². The Bertz CT molecular complexity index is 198.